The molecule has 1 aliphatic rings. The van der Waals surface area contributed by atoms with E-state index in [1.807, 2.05) is 12.1 Å². The molecule has 0 N–H and O–H groups in total. The van der Waals surface area contributed by atoms with Crippen molar-refractivity contribution in [2.24, 2.45) is 0 Å². The Bertz CT molecular complexity index is 635. The zero-order chi connectivity index (χ0) is 13.4. The highest BCUT2D eigenvalue weighted by Crippen LogP contribution is 2.31. The van der Waals surface area contributed by atoms with Gasteiger partial charge >= 0.3 is 0 Å². The molecule has 2 aromatic rings. The second-order valence-electron chi connectivity index (χ2n) is 4.80. The summed E-state index contributed by atoms with van der Waals surface area (Å²) in [5, 5.41) is 2.12. The van der Waals surface area contributed by atoms with Gasteiger partial charge in [-0.1, -0.05) is 0 Å². The summed E-state index contributed by atoms with van der Waals surface area (Å²) in [5.41, 5.74) is 3.39. The van der Waals surface area contributed by atoms with Gasteiger partial charge < -0.3 is 4.90 Å². The third-order valence-electron chi connectivity index (χ3n) is 3.45. The van der Waals surface area contributed by atoms with E-state index >= 15 is 0 Å². The Labute approximate surface area is 125 Å². The van der Waals surface area contributed by atoms with Crippen molar-refractivity contribution in [1.82, 2.24) is 0 Å². The number of halogens is 1. The molecule has 1 aromatic carbocycles. The van der Waals surface area contributed by atoms with E-state index in [1.54, 1.807) is 18.3 Å². The van der Waals surface area contributed by atoms with Crippen LogP contribution >= 0.6 is 27.3 Å². The fraction of sp³-hybridized carbons (Fsp3) is 0.267. The van der Waals surface area contributed by atoms with E-state index in [0.717, 1.165) is 29.5 Å². The van der Waals surface area contributed by atoms with E-state index in [4.69, 9.17) is 0 Å². The van der Waals surface area contributed by atoms with Crippen molar-refractivity contribution in [1.29, 1.82) is 0 Å². The molecular formula is C15H14BrNOS. The van der Waals surface area contributed by atoms with Crippen LogP contribution in [0, 0.1) is 0 Å². The van der Waals surface area contributed by atoms with Gasteiger partial charge in [0.1, 0.15) is 0 Å². The molecule has 1 aromatic heterocycles. The molecule has 98 valence electrons. The first kappa shape index (κ1) is 12.9. The van der Waals surface area contributed by atoms with Crippen molar-refractivity contribution >= 4 is 38.7 Å². The highest BCUT2D eigenvalue weighted by Gasteiger charge is 2.20. The Hall–Kier alpha value is -1.13. The van der Waals surface area contributed by atoms with Crippen LogP contribution in [0.2, 0.25) is 0 Å². The Morgan fingerprint density at radius 2 is 2.26 bits per heavy atom. The minimum atomic E-state index is 0.142. The molecule has 0 saturated carbocycles. The molecular weight excluding hydrogens is 322 g/mol. The predicted octanol–water partition coefficient (Wildman–Crippen LogP) is 4.28. The van der Waals surface area contributed by atoms with Crippen molar-refractivity contribution in [3.8, 4) is 0 Å². The van der Waals surface area contributed by atoms with Crippen molar-refractivity contribution in [2.75, 3.05) is 11.4 Å². The molecule has 2 nitrogen and oxygen atoms in total. The molecule has 0 saturated heterocycles. The van der Waals surface area contributed by atoms with Crippen LogP contribution in [0.25, 0.3) is 0 Å². The SMILES string of the molecule is CC(=O)c1ccc2c(c1)CCN2Cc1cc(Br)cs1. The predicted molar refractivity (Wildman–Crippen MR) is 83.2 cm³/mol. The summed E-state index contributed by atoms with van der Waals surface area (Å²) in [6, 6.07) is 8.24. The van der Waals surface area contributed by atoms with E-state index in [0.29, 0.717) is 0 Å². The summed E-state index contributed by atoms with van der Waals surface area (Å²) < 4.78 is 1.15. The largest absolute Gasteiger partial charge is 0.366 e. The van der Waals surface area contributed by atoms with Gasteiger partial charge in [-0.2, -0.15) is 0 Å². The van der Waals surface area contributed by atoms with Gasteiger partial charge in [0.05, 0.1) is 6.54 Å². The Kier molecular flexibility index (Phi) is 3.46. The summed E-state index contributed by atoms with van der Waals surface area (Å²) in [4.78, 5) is 15.1. The molecule has 0 radical (unpaired) electrons. The van der Waals surface area contributed by atoms with E-state index in [-0.39, 0.29) is 5.78 Å². The number of anilines is 1. The lowest BCUT2D eigenvalue weighted by atomic mass is 10.1. The van der Waals surface area contributed by atoms with Crippen LogP contribution in [-0.2, 0) is 13.0 Å². The zero-order valence-corrected chi connectivity index (χ0v) is 13.1. The van der Waals surface area contributed by atoms with Gasteiger partial charge in [0, 0.05) is 32.5 Å². The fourth-order valence-corrected chi connectivity index (χ4v) is 3.94. The number of ketones is 1. The van der Waals surface area contributed by atoms with Gasteiger partial charge in [-0.15, -0.1) is 11.3 Å². The summed E-state index contributed by atoms with van der Waals surface area (Å²) in [6.45, 7) is 3.60. The maximum Gasteiger partial charge on any atom is 0.159 e. The number of Topliss-reactive ketones (excluding diaryl/α,β-unsaturated/α-hetero) is 1. The normalized spacial score (nSPS) is 13.7. The molecule has 1 aliphatic heterocycles. The summed E-state index contributed by atoms with van der Waals surface area (Å²) >= 11 is 5.27. The van der Waals surface area contributed by atoms with Crippen LogP contribution in [-0.4, -0.2) is 12.3 Å². The number of carbonyl (C=O) groups is 1. The van der Waals surface area contributed by atoms with Gasteiger partial charge in [-0.3, -0.25) is 4.79 Å². The van der Waals surface area contributed by atoms with Crippen molar-refractivity contribution in [3.63, 3.8) is 0 Å². The second-order valence-corrected chi connectivity index (χ2v) is 6.71. The summed E-state index contributed by atoms with van der Waals surface area (Å²) in [6.07, 6.45) is 1.03. The fourth-order valence-electron chi connectivity index (χ4n) is 2.48. The minimum absolute atomic E-state index is 0.142. The summed E-state index contributed by atoms with van der Waals surface area (Å²) in [5.74, 6) is 0.142. The van der Waals surface area contributed by atoms with Crippen LogP contribution in [0.5, 0.6) is 0 Å². The van der Waals surface area contributed by atoms with Gasteiger partial charge in [-0.25, -0.2) is 0 Å². The number of nitrogens with zero attached hydrogens (tertiary/aromatic N) is 1. The van der Waals surface area contributed by atoms with Crippen molar-refractivity contribution in [3.05, 3.63) is 50.1 Å². The molecule has 0 spiro atoms. The van der Waals surface area contributed by atoms with Gasteiger partial charge in [0.15, 0.2) is 5.78 Å². The van der Waals surface area contributed by atoms with Crippen LogP contribution in [0.15, 0.2) is 34.1 Å². The molecule has 0 bridgehead atoms. The van der Waals surface area contributed by atoms with E-state index in [2.05, 4.69) is 38.3 Å². The molecule has 2 heterocycles. The zero-order valence-electron chi connectivity index (χ0n) is 10.6. The number of hydrogen-bond donors (Lipinski definition) is 0. The lowest BCUT2D eigenvalue weighted by Crippen LogP contribution is -2.18. The molecule has 0 aliphatic carbocycles. The van der Waals surface area contributed by atoms with E-state index in [1.165, 1.54) is 16.1 Å². The van der Waals surface area contributed by atoms with Crippen LogP contribution in [0.4, 0.5) is 5.69 Å². The average Bonchev–Trinajstić information content (AvgIpc) is 2.96. The summed E-state index contributed by atoms with van der Waals surface area (Å²) in [7, 11) is 0. The quantitative estimate of drug-likeness (QED) is 0.780. The Balaban J connectivity index is 1.84. The Morgan fingerprint density at radius 3 is 2.95 bits per heavy atom. The van der Waals surface area contributed by atoms with Gasteiger partial charge in [0.25, 0.3) is 0 Å². The van der Waals surface area contributed by atoms with Crippen molar-refractivity contribution < 1.29 is 4.79 Å². The second kappa shape index (κ2) is 5.10. The van der Waals surface area contributed by atoms with Crippen molar-refractivity contribution in [2.45, 2.75) is 19.9 Å². The molecule has 0 amide bonds. The number of thiophene rings is 1. The number of hydrogen-bond acceptors (Lipinski definition) is 3. The van der Waals surface area contributed by atoms with Gasteiger partial charge in [0.2, 0.25) is 0 Å². The van der Waals surface area contributed by atoms with E-state index < -0.39 is 0 Å². The number of benzene rings is 1. The van der Waals surface area contributed by atoms with E-state index in [9.17, 15) is 4.79 Å². The molecule has 3 rings (SSSR count). The van der Waals surface area contributed by atoms with Crippen LogP contribution < -0.4 is 4.90 Å². The molecule has 19 heavy (non-hydrogen) atoms. The maximum atomic E-state index is 11.4. The first-order valence-corrected chi connectivity index (χ1v) is 7.92. The number of fused-ring (bicyclic) bond motifs is 1. The lowest BCUT2D eigenvalue weighted by molar-refractivity contribution is 0.101. The average molecular weight is 336 g/mol. The Morgan fingerprint density at radius 1 is 1.42 bits per heavy atom. The third kappa shape index (κ3) is 2.60. The highest BCUT2D eigenvalue weighted by atomic mass is 79.9. The first-order chi connectivity index (χ1) is 9.13. The topological polar surface area (TPSA) is 20.3 Å². The highest BCUT2D eigenvalue weighted by molar-refractivity contribution is 9.10. The minimum Gasteiger partial charge on any atom is -0.366 e. The number of rotatable bonds is 3. The lowest BCUT2D eigenvalue weighted by Gasteiger charge is -2.18. The molecule has 4 heteroatoms. The van der Waals surface area contributed by atoms with Gasteiger partial charge in [-0.05, 0) is 59.1 Å². The third-order valence-corrected chi connectivity index (χ3v) is 5.13. The molecule has 0 unspecified atom stereocenters. The standard InChI is InChI=1S/C15H14BrNOS/c1-10(18)11-2-3-15-12(6-11)4-5-17(15)8-14-7-13(16)9-19-14/h2-3,6-7,9H,4-5,8H2,1H3. The monoisotopic (exact) mass is 335 g/mol. The first-order valence-electron chi connectivity index (χ1n) is 6.25. The maximum absolute atomic E-state index is 11.4. The van der Waals surface area contributed by atoms with Crippen LogP contribution in [0.1, 0.15) is 27.7 Å². The van der Waals surface area contributed by atoms with Crippen LogP contribution in [0.3, 0.4) is 0 Å². The molecule has 0 atom stereocenters. The smallest absolute Gasteiger partial charge is 0.159 e. The molecule has 0 fully saturated rings. The number of carbonyl (C=O) groups excluding carboxylic acids is 1.